The van der Waals surface area contributed by atoms with Crippen molar-refractivity contribution in [1.29, 1.82) is 0 Å². The number of nitrogens with zero attached hydrogens (tertiary/aromatic N) is 2. The highest BCUT2D eigenvalue weighted by molar-refractivity contribution is 5.96. The lowest BCUT2D eigenvalue weighted by atomic mass is 10.1. The first-order valence-electron chi connectivity index (χ1n) is 8.64. The van der Waals surface area contributed by atoms with Gasteiger partial charge in [0.25, 0.3) is 5.91 Å². The zero-order valence-electron chi connectivity index (χ0n) is 15.4. The summed E-state index contributed by atoms with van der Waals surface area (Å²) in [6, 6.07) is 13.3. The number of amides is 1. The third-order valence-electron chi connectivity index (χ3n) is 4.26. The molecule has 0 radical (unpaired) electrons. The zero-order valence-corrected chi connectivity index (χ0v) is 15.4. The Hall–Kier alpha value is -2.86. The van der Waals surface area contributed by atoms with Crippen LogP contribution in [0.15, 0.2) is 42.5 Å². The van der Waals surface area contributed by atoms with Crippen molar-refractivity contribution in [2.45, 2.75) is 6.42 Å². The van der Waals surface area contributed by atoms with Gasteiger partial charge in [-0.2, -0.15) is 5.10 Å². The highest BCUT2D eigenvalue weighted by atomic mass is 16.5. The molecule has 2 aromatic carbocycles. The predicted molar refractivity (Wildman–Crippen MR) is 104 cm³/mol. The van der Waals surface area contributed by atoms with Crippen molar-refractivity contribution in [3.05, 3.63) is 48.0 Å². The molecule has 136 valence electrons. The highest BCUT2D eigenvalue weighted by Crippen LogP contribution is 2.29. The lowest BCUT2D eigenvalue weighted by Gasteiger charge is -2.10. The van der Waals surface area contributed by atoms with Gasteiger partial charge in [0.05, 0.1) is 12.6 Å². The fourth-order valence-electron chi connectivity index (χ4n) is 2.82. The highest BCUT2D eigenvalue weighted by Gasteiger charge is 2.11. The van der Waals surface area contributed by atoms with Gasteiger partial charge in [0.2, 0.25) is 0 Å². The maximum absolute atomic E-state index is 12.2. The Bertz CT molecular complexity index is 884. The van der Waals surface area contributed by atoms with Gasteiger partial charge >= 0.3 is 0 Å². The predicted octanol–water partition coefficient (Wildman–Crippen LogP) is 2.92. The van der Waals surface area contributed by atoms with E-state index < -0.39 is 0 Å². The van der Waals surface area contributed by atoms with Gasteiger partial charge in [-0.3, -0.25) is 9.89 Å². The Kier molecular flexibility index (Phi) is 5.53. The van der Waals surface area contributed by atoms with Crippen molar-refractivity contribution in [1.82, 2.24) is 20.4 Å². The molecule has 0 unspecified atom stereocenters. The zero-order chi connectivity index (χ0) is 18.5. The van der Waals surface area contributed by atoms with Crippen LogP contribution >= 0.6 is 0 Å². The van der Waals surface area contributed by atoms with Crippen LogP contribution in [0, 0.1) is 0 Å². The second kappa shape index (κ2) is 8.01. The summed E-state index contributed by atoms with van der Waals surface area (Å²) in [6.45, 7) is 1.62. The van der Waals surface area contributed by atoms with Crippen LogP contribution in [0.4, 0.5) is 0 Å². The van der Waals surface area contributed by atoms with Crippen molar-refractivity contribution < 1.29 is 9.53 Å². The van der Waals surface area contributed by atoms with E-state index in [0.717, 1.165) is 40.9 Å². The van der Waals surface area contributed by atoms with E-state index in [4.69, 9.17) is 4.74 Å². The minimum Gasteiger partial charge on any atom is -0.497 e. The molecule has 0 bridgehead atoms. The third-order valence-corrected chi connectivity index (χ3v) is 4.26. The maximum Gasteiger partial charge on any atom is 0.251 e. The first kappa shape index (κ1) is 17.9. The number of ether oxygens (including phenoxy) is 1. The first-order valence-corrected chi connectivity index (χ1v) is 8.64. The van der Waals surface area contributed by atoms with Gasteiger partial charge in [-0.15, -0.1) is 0 Å². The summed E-state index contributed by atoms with van der Waals surface area (Å²) < 4.78 is 5.30. The molecule has 2 N–H and O–H groups in total. The number of carbonyl (C=O) groups is 1. The van der Waals surface area contributed by atoms with Gasteiger partial charge in [-0.1, -0.05) is 12.1 Å². The monoisotopic (exact) mass is 352 g/mol. The second-order valence-electron chi connectivity index (χ2n) is 6.47. The molecule has 1 aromatic heterocycles. The van der Waals surface area contributed by atoms with Crippen LogP contribution in [-0.4, -0.2) is 55.3 Å². The number of fused-ring (bicyclic) bond motifs is 1. The van der Waals surface area contributed by atoms with E-state index >= 15 is 0 Å². The minimum absolute atomic E-state index is 0.0520. The number of hydrogen-bond donors (Lipinski definition) is 2. The van der Waals surface area contributed by atoms with Crippen LogP contribution in [0.2, 0.25) is 0 Å². The molecule has 6 heteroatoms. The number of aromatic nitrogens is 2. The van der Waals surface area contributed by atoms with Crippen LogP contribution < -0.4 is 10.1 Å². The smallest absolute Gasteiger partial charge is 0.251 e. The number of rotatable bonds is 7. The lowest BCUT2D eigenvalue weighted by Crippen LogP contribution is -2.27. The number of hydrogen-bond acceptors (Lipinski definition) is 4. The van der Waals surface area contributed by atoms with Crippen LogP contribution in [0.5, 0.6) is 5.75 Å². The average molecular weight is 352 g/mol. The number of carbonyl (C=O) groups excluding carboxylic acids is 1. The third kappa shape index (κ3) is 4.03. The van der Waals surface area contributed by atoms with E-state index in [9.17, 15) is 4.79 Å². The summed E-state index contributed by atoms with van der Waals surface area (Å²) >= 11 is 0. The van der Waals surface area contributed by atoms with E-state index in [1.54, 1.807) is 7.11 Å². The number of H-pyrrole nitrogens is 1. The molecule has 0 fully saturated rings. The van der Waals surface area contributed by atoms with Crippen LogP contribution in [0.25, 0.3) is 22.2 Å². The fraction of sp³-hybridized carbons (Fsp3) is 0.300. The quantitative estimate of drug-likeness (QED) is 0.642. The molecular weight excluding hydrogens is 328 g/mol. The second-order valence-corrected chi connectivity index (χ2v) is 6.47. The molecule has 3 rings (SSSR count). The molecule has 0 saturated carbocycles. The Morgan fingerprint density at radius 1 is 1.19 bits per heavy atom. The van der Waals surface area contributed by atoms with Crippen LogP contribution in [-0.2, 0) is 0 Å². The first-order chi connectivity index (χ1) is 12.6. The molecule has 0 aliphatic rings. The molecule has 0 aliphatic carbocycles. The molecule has 26 heavy (non-hydrogen) atoms. The number of aromatic amines is 1. The number of nitrogens with one attached hydrogen (secondary N) is 2. The van der Waals surface area contributed by atoms with Gasteiger partial charge in [0.15, 0.2) is 0 Å². The van der Waals surface area contributed by atoms with Gasteiger partial charge in [-0.05, 0) is 57.4 Å². The molecule has 1 heterocycles. The summed E-state index contributed by atoms with van der Waals surface area (Å²) in [7, 11) is 5.69. The Labute approximate surface area is 153 Å². The average Bonchev–Trinajstić information content (AvgIpc) is 3.08. The maximum atomic E-state index is 12.2. The van der Waals surface area contributed by atoms with Gasteiger partial charge in [-0.25, -0.2) is 0 Å². The summed E-state index contributed by atoms with van der Waals surface area (Å²) in [4.78, 5) is 14.3. The van der Waals surface area contributed by atoms with Gasteiger partial charge < -0.3 is 15.0 Å². The van der Waals surface area contributed by atoms with Crippen LogP contribution in [0.1, 0.15) is 16.8 Å². The van der Waals surface area contributed by atoms with Crippen molar-refractivity contribution in [2.75, 3.05) is 34.3 Å². The summed E-state index contributed by atoms with van der Waals surface area (Å²) in [5, 5.41) is 11.4. The summed E-state index contributed by atoms with van der Waals surface area (Å²) in [6.07, 6.45) is 0.928. The van der Waals surface area contributed by atoms with Crippen molar-refractivity contribution >= 4 is 16.8 Å². The van der Waals surface area contributed by atoms with Crippen LogP contribution in [0.3, 0.4) is 0 Å². The SMILES string of the molecule is COc1ccc2[nH]nc(-c3ccc(C(=O)NCCCN(C)C)cc3)c2c1. The van der Waals surface area contributed by atoms with E-state index in [-0.39, 0.29) is 5.91 Å². The number of methoxy groups -OCH3 is 1. The molecule has 1 amide bonds. The van der Waals surface area contributed by atoms with Gasteiger partial charge in [0, 0.05) is 23.1 Å². The largest absolute Gasteiger partial charge is 0.497 e. The van der Waals surface area contributed by atoms with Crippen molar-refractivity contribution in [3.8, 4) is 17.0 Å². The molecule has 0 atom stereocenters. The molecule has 6 nitrogen and oxygen atoms in total. The minimum atomic E-state index is -0.0520. The molecule has 3 aromatic rings. The topological polar surface area (TPSA) is 70.2 Å². The summed E-state index contributed by atoms with van der Waals surface area (Å²) in [5.74, 6) is 0.734. The normalized spacial score (nSPS) is 11.1. The Balaban J connectivity index is 1.72. The Morgan fingerprint density at radius 3 is 2.65 bits per heavy atom. The molecule has 0 spiro atoms. The standard InChI is InChI=1S/C20H24N4O2/c1-24(2)12-4-11-21-20(25)15-7-5-14(6-8-15)19-17-13-16(26-3)9-10-18(17)22-23-19/h5-10,13H,4,11-12H2,1-3H3,(H,21,25)(H,22,23). The Morgan fingerprint density at radius 2 is 1.96 bits per heavy atom. The van der Waals surface area contributed by atoms with E-state index in [0.29, 0.717) is 12.1 Å². The summed E-state index contributed by atoms with van der Waals surface area (Å²) in [5.41, 5.74) is 3.39. The van der Waals surface area contributed by atoms with Gasteiger partial charge in [0.1, 0.15) is 11.4 Å². The van der Waals surface area contributed by atoms with Crippen molar-refractivity contribution in [2.24, 2.45) is 0 Å². The van der Waals surface area contributed by atoms with E-state index in [2.05, 4.69) is 20.4 Å². The lowest BCUT2D eigenvalue weighted by molar-refractivity contribution is 0.0952. The molecule has 0 saturated heterocycles. The van der Waals surface area contributed by atoms with Crippen molar-refractivity contribution in [3.63, 3.8) is 0 Å². The molecular formula is C20H24N4O2. The fourth-order valence-corrected chi connectivity index (χ4v) is 2.82. The van der Waals surface area contributed by atoms with E-state index in [1.807, 2.05) is 56.6 Å². The van der Waals surface area contributed by atoms with E-state index in [1.165, 1.54) is 0 Å². The molecule has 0 aliphatic heterocycles. The number of benzene rings is 2.